The van der Waals surface area contributed by atoms with E-state index in [4.69, 9.17) is 15.9 Å². The number of amides is 2. The molecule has 0 bridgehead atoms. The van der Waals surface area contributed by atoms with E-state index in [9.17, 15) is 9.59 Å². The van der Waals surface area contributed by atoms with Crippen molar-refractivity contribution in [2.45, 2.75) is 39.2 Å². The van der Waals surface area contributed by atoms with E-state index in [0.717, 1.165) is 29.8 Å². The molecule has 2 aliphatic heterocycles. The number of hydrogen-bond acceptors (Lipinski definition) is 5. The summed E-state index contributed by atoms with van der Waals surface area (Å²) in [6.45, 7) is 4.54. The first kappa shape index (κ1) is 22.6. The van der Waals surface area contributed by atoms with Crippen molar-refractivity contribution < 1.29 is 14.3 Å². The maximum atomic E-state index is 13.8. The fourth-order valence-electron chi connectivity index (χ4n) is 5.04. The highest BCUT2D eigenvalue weighted by Crippen LogP contribution is 2.34. The van der Waals surface area contributed by atoms with Crippen LogP contribution in [0.2, 0.25) is 0 Å². The van der Waals surface area contributed by atoms with E-state index in [1.165, 1.54) is 4.68 Å². The molecule has 180 valence electrons. The number of nitrogens with one attached hydrogen (secondary N) is 1. The molecule has 0 aliphatic carbocycles. The van der Waals surface area contributed by atoms with Gasteiger partial charge in [-0.25, -0.2) is 4.68 Å². The molecule has 3 aromatic rings. The van der Waals surface area contributed by atoms with E-state index in [0.29, 0.717) is 41.5 Å². The minimum atomic E-state index is -0.655. The van der Waals surface area contributed by atoms with Crippen molar-refractivity contribution in [1.82, 2.24) is 9.78 Å². The highest BCUT2D eigenvalue weighted by molar-refractivity contribution is 6.10. The summed E-state index contributed by atoms with van der Waals surface area (Å²) in [5.41, 5.74) is 10.0. The lowest BCUT2D eigenvalue weighted by atomic mass is 10.0. The predicted molar refractivity (Wildman–Crippen MR) is 134 cm³/mol. The van der Waals surface area contributed by atoms with Gasteiger partial charge in [-0.3, -0.25) is 15.0 Å². The summed E-state index contributed by atoms with van der Waals surface area (Å²) in [5, 5.41) is 12.7. The second kappa shape index (κ2) is 8.57. The molecule has 1 atom stereocenters. The molecule has 1 aromatic heterocycles. The third kappa shape index (κ3) is 3.73. The van der Waals surface area contributed by atoms with Crippen LogP contribution in [-0.2, 0) is 6.42 Å². The lowest BCUT2D eigenvalue weighted by Crippen LogP contribution is -2.39. The van der Waals surface area contributed by atoms with E-state index in [1.807, 2.05) is 25.1 Å². The number of benzene rings is 2. The number of carbonyl (C=O) groups excluding carboxylic acids is 2. The Morgan fingerprint density at radius 2 is 1.86 bits per heavy atom. The molecule has 2 amide bonds. The van der Waals surface area contributed by atoms with E-state index >= 15 is 0 Å². The Hall–Kier alpha value is -4.14. The molecule has 9 nitrogen and oxygen atoms in total. The number of methoxy groups -OCH3 is 1. The molecule has 1 saturated heterocycles. The summed E-state index contributed by atoms with van der Waals surface area (Å²) in [5.74, 6) is 0.400. The largest absolute Gasteiger partial charge is 0.497 e. The fourth-order valence-corrected chi connectivity index (χ4v) is 5.04. The van der Waals surface area contributed by atoms with Gasteiger partial charge >= 0.3 is 0 Å². The molecule has 0 spiro atoms. The average Bonchev–Trinajstić information content (AvgIpc) is 3.40. The van der Waals surface area contributed by atoms with Crippen LogP contribution in [0.1, 0.15) is 51.9 Å². The van der Waals surface area contributed by atoms with Gasteiger partial charge in [-0.05, 0) is 74.7 Å². The van der Waals surface area contributed by atoms with Crippen molar-refractivity contribution in [2.75, 3.05) is 23.5 Å². The van der Waals surface area contributed by atoms with Crippen LogP contribution < -0.4 is 20.3 Å². The number of anilines is 2. The van der Waals surface area contributed by atoms with E-state index in [-0.39, 0.29) is 17.6 Å². The fraction of sp³-hybridized carbons (Fsp3) is 0.308. The lowest BCUT2D eigenvalue weighted by Gasteiger charge is -2.30. The van der Waals surface area contributed by atoms with Crippen LogP contribution in [0.15, 0.2) is 42.5 Å². The van der Waals surface area contributed by atoms with Gasteiger partial charge in [0.15, 0.2) is 5.69 Å². The number of fused-ring (bicyclic) bond motifs is 1. The topological polar surface area (TPSA) is 118 Å². The van der Waals surface area contributed by atoms with Crippen LogP contribution in [0.5, 0.6) is 5.75 Å². The molecule has 2 aromatic carbocycles. The number of ether oxygens (including phenoxy) is 1. The highest BCUT2D eigenvalue weighted by atomic mass is 16.5. The zero-order valence-corrected chi connectivity index (χ0v) is 20.0. The second-order valence-corrected chi connectivity index (χ2v) is 9.03. The van der Waals surface area contributed by atoms with Crippen LogP contribution in [0.3, 0.4) is 0 Å². The van der Waals surface area contributed by atoms with E-state index < -0.39 is 5.91 Å². The van der Waals surface area contributed by atoms with Crippen molar-refractivity contribution in [2.24, 2.45) is 5.73 Å². The van der Waals surface area contributed by atoms with E-state index in [1.54, 1.807) is 36.3 Å². The van der Waals surface area contributed by atoms with Gasteiger partial charge in [-0.2, -0.15) is 5.10 Å². The Morgan fingerprint density at radius 1 is 1.14 bits per heavy atom. The average molecular weight is 473 g/mol. The predicted octanol–water partition coefficient (Wildman–Crippen LogP) is 3.46. The third-order valence-corrected chi connectivity index (χ3v) is 6.85. The highest BCUT2D eigenvalue weighted by Gasteiger charge is 2.35. The van der Waals surface area contributed by atoms with Gasteiger partial charge in [0.05, 0.1) is 12.8 Å². The van der Waals surface area contributed by atoms with Crippen molar-refractivity contribution in [3.05, 3.63) is 65.0 Å². The molecule has 3 heterocycles. The second-order valence-electron chi connectivity index (χ2n) is 9.03. The van der Waals surface area contributed by atoms with Gasteiger partial charge in [-0.15, -0.1) is 0 Å². The summed E-state index contributed by atoms with van der Waals surface area (Å²) in [4.78, 5) is 29.7. The van der Waals surface area contributed by atoms with Crippen LogP contribution in [0.4, 0.5) is 11.4 Å². The molecule has 0 radical (unpaired) electrons. The molecule has 1 fully saturated rings. The minimum Gasteiger partial charge on any atom is -0.497 e. The molecule has 2 aliphatic rings. The normalized spacial score (nSPS) is 17.6. The first-order valence-electron chi connectivity index (χ1n) is 11.7. The Bertz CT molecular complexity index is 1340. The number of nitrogens with zero attached hydrogens (tertiary/aromatic N) is 4. The number of rotatable bonds is 5. The minimum absolute atomic E-state index is 0.122. The summed E-state index contributed by atoms with van der Waals surface area (Å²) in [7, 11) is 1.58. The molecular formula is C26H28N6O3. The Kier molecular flexibility index (Phi) is 5.55. The third-order valence-electron chi connectivity index (χ3n) is 6.85. The summed E-state index contributed by atoms with van der Waals surface area (Å²) in [6.07, 6.45) is 2.20. The van der Waals surface area contributed by atoms with Crippen LogP contribution in [-0.4, -0.2) is 47.1 Å². The number of aromatic nitrogens is 2. The summed E-state index contributed by atoms with van der Waals surface area (Å²) in [6, 6.07) is 13.3. The standard InChI is InChI=1S/C26H28N6O3/c1-15-14-18(7-10-21(15)31-16(2)4-11-22(31)27)30-13-12-20-23(25(28)33)29-32(24(20)26(30)34)17-5-8-19(35-3)9-6-17/h5-10,14,16,27H,4,11-13H2,1-3H3,(H2,28,33). The first-order chi connectivity index (χ1) is 16.8. The maximum absolute atomic E-state index is 13.8. The van der Waals surface area contributed by atoms with Crippen molar-refractivity contribution >= 4 is 29.0 Å². The van der Waals surface area contributed by atoms with Gasteiger partial charge in [0.25, 0.3) is 11.8 Å². The van der Waals surface area contributed by atoms with Gasteiger partial charge in [0.2, 0.25) is 0 Å². The molecule has 1 unspecified atom stereocenters. The zero-order valence-electron chi connectivity index (χ0n) is 20.0. The first-order valence-corrected chi connectivity index (χ1v) is 11.7. The van der Waals surface area contributed by atoms with Crippen LogP contribution in [0.25, 0.3) is 5.69 Å². The van der Waals surface area contributed by atoms with E-state index in [2.05, 4.69) is 16.9 Å². The van der Waals surface area contributed by atoms with Gasteiger partial charge in [0.1, 0.15) is 17.3 Å². The Balaban J connectivity index is 1.53. The molecular weight excluding hydrogens is 444 g/mol. The van der Waals surface area contributed by atoms with Crippen molar-refractivity contribution in [3.63, 3.8) is 0 Å². The Labute approximate surface area is 203 Å². The number of nitrogens with two attached hydrogens (primary N) is 1. The van der Waals surface area contributed by atoms with Gasteiger partial charge < -0.3 is 20.3 Å². The number of carbonyl (C=O) groups is 2. The van der Waals surface area contributed by atoms with Crippen LogP contribution >= 0.6 is 0 Å². The van der Waals surface area contributed by atoms with Crippen LogP contribution in [0, 0.1) is 12.3 Å². The monoisotopic (exact) mass is 472 g/mol. The van der Waals surface area contributed by atoms with Crippen molar-refractivity contribution in [3.8, 4) is 11.4 Å². The maximum Gasteiger partial charge on any atom is 0.277 e. The summed E-state index contributed by atoms with van der Waals surface area (Å²) >= 11 is 0. The molecule has 9 heteroatoms. The molecule has 5 rings (SSSR count). The SMILES string of the molecule is COc1ccc(-n2nc(C(N)=O)c3c2C(=O)N(c2ccc(N4C(=N)CCC4C)c(C)c2)CC3)cc1. The quantitative estimate of drug-likeness (QED) is 0.590. The number of hydrogen-bond donors (Lipinski definition) is 2. The molecule has 0 saturated carbocycles. The number of amidine groups is 1. The van der Waals surface area contributed by atoms with Gasteiger partial charge in [-0.1, -0.05) is 0 Å². The zero-order chi connectivity index (χ0) is 24.9. The smallest absolute Gasteiger partial charge is 0.277 e. The van der Waals surface area contributed by atoms with Crippen molar-refractivity contribution in [1.29, 1.82) is 5.41 Å². The number of primary amides is 1. The molecule has 35 heavy (non-hydrogen) atoms. The summed E-state index contributed by atoms with van der Waals surface area (Å²) < 4.78 is 6.73. The van der Waals surface area contributed by atoms with Gasteiger partial charge in [0, 0.05) is 35.9 Å². The lowest BCUT2D eigenvalue weighted by molar-refractivity contribution is 0.0972. The number of aryl methyl sites for hydroxylation is 1. The Morgan fingerprint density at radius 3 is 2.46 bits per heavy atom. The molecule has 3 N–H and O–H groups in total.